The highest BCUT2D eigenvalue weighted by Crippen LogP contribution is 2.11. The predicted molar refractivity (Wildman–Crippen MR) is 251 cm³/mol. The second kappa shape index (κ2) is 46.2. The molecule has 1 unspecified atom stereocenters. The Morgan fingerprint density at radius 3 is 1.19 bits per heavy atom. The molecule has 0 rings (SSSR count). The number of allylic oxidation sites excluding steroid dienone is 22. The van der Waals surface area contributed by atoms with Crippen molar-refractivity contribution < 1.29 is 28.6 Å². The lowest BCUT2D eigenvalue weighted by molar-refractivity contribution is -0.167. The number of carbonyl (C=O) groups excluding carboxylic acids is 3. The molecule has 59 heavy (non-hydrogen) atoms. The van der Waals surface area contributed by atoms with Gasteiger partial charge in [0.25, 0.3) is 0 Å². The summed E-state index contributed by atoms with van der Waals surface area (Å²) >= 11 is 0. The van der Waals surface area contributed by atoms with Crippen molar-refractivity contribution in [3.05, 3.63) is 134 Å². The average Bonchev–Trinajstić information content (AvgIpc) is 3.23. The molecule has 0 saturated carbocycles. The molecule has 6 nitrogen and oxygen atoms in total. The van der Waals surface area contributed by atoms with E-state index in [2.05, 4.69) is 99.8 Å². The zero-order chi connectivity index (χ0) is 43.0. The van der Waals surface area contributed by atoms with Crippen molar-refractivity contribution in [2.45, 2.75) is 168 Å². The third-order valence-electron chi connectivity index (χ3n) is 8.76. The maximum Gasteiger partial charge on any atom is 0.306 e. The Hall–Kier alpha value is -4.45. The van der Waals surface area contributed by atoms with Crippen LogP contribution in [0.3, 0.4) is 0 Å². The van der Waals surface area contributed by atoms with Crippen LogP contribution in [0.1, 0.15) is 162 Å². The molecule has 0 N–H and O–H groups in total. The van der Waals surface area contributed by atoms with E-state index in [1.54, 1.807) is 0 Å². The molecule has 6 heteroatoms. The summed E-state index contributed by atoms with van der Waals surface area (Å²) < 4.78 is 16.6. The number of rotatable bonds is 38. The first kappa shape index (κ1) is 54.6. The molecule has 0 bridgehead atoms. The van der Waals surface area contributed by atoms with Crippen molar-refractivity contribution in [3.8, 4) is 0 Å². The lowest BCUT2D eigenvalue weighted by Gasteiger charge is -2.18. The van der Waals surface area contributed by atoms with Crippen LogP contribution in [0.2, 0.25) is 0 Å². The summed E-state index contributed by atoms with van der Waals surface area (Å²) in [6.07, 6.45) is 64.4. The first-order valence-electron chi connectivity index (χ1n) is 22.8. The minimum Gasteiger partial charge on any atom is -0.462 e. The summed E-state index contributed by atoms with van der Waals surface area (Å²) in [4.78, 5) is 37.8. The monoisotopic (exact) mass is 813 g/mol. The second-order valence-electron chi connectivity index (χ2n) is 14.3. The van der Waals surface area contributed by atoms with Gasteiger partial charge in [-0.15, -0.1) is 0 Å². The van der Waals surface area contributed by atoms with Crippen LogP contribution in [0.25, 0.3) is 0 Å². The van der Waals surface area contributed by atoms with E-state index in [4.69, 9.17) is 14.2 Å². The van der Waals surface area contributed by atoms with Gasteiger partial charge in [0, 0.05) is 19.3 Å². The summed E-state index contributed by atoms with van der Waals surface area (Å²) in [5.74, 6) is -1.06. The predicted octanol–water partition coefficient (Wildman–Crippen LogP) is 14.7. The van der Waals surface area contributed by atoms with Gasteiger partial charge in [-0.25, -0.2) is 0 Å². The van der Waals surface area contributed by atoms with Crippen molar-refractivity contribution >= 4 is 17.9 Å². The van der Waals surface area contributed by atoms with Crippen LogP contribution in [-0.2, 0) is 28.6 Å². The van der Waals surface area contributed by atoms with E-state index >= 15 is 0 Å². The van der Waals surface area contributed by atoms with Gasteiger partial charge < -0.3 is 14.2 Å². The molecule has 328 valence electrons. The van der Waals surface area contributed by atoms with E-state index in [-0.39, 0.29) is 44.0 Å². The lowest BCUT2D eigenvalue weighted by atomic mass is 10.1. The third kappa shape index (κ3) is 44.5. The Morgan fingerprint density at radius 1 is 0.356 bits per heavy atom. The lowest BCUT2D eigenvalue weighted by Crippen LogP contribution is -2.30. The quantitative estimate of drug-likeness (QED) is 0.0203. The average molecular weight is 813 g/mol. The molecule has 0 spiro atoms. The van der Waals surface area contributed by atoms with E-state index in [0.717, 1.165) is 116 Å². The van der Waals surface area contributed by atoms with Crippen LogP contribution >= 0.6 is 0 Å². The van der Waals surface area contributed by atoms with E-state index in [1.165, 1.54) is 0 Å². The zero-order valence-corrected chi connectivity index (χ0v) is 37.2. The molecule has 0 fully saturated rings. The summed E-state index contributed by atoms with van der Waals surface area (Å²) in [5.41, 5.74) is 0. The van der Waals surface area contributed by atoms with Gasteiger partial charge in [0.1, 0.15) is 13.2 Å². The van der Waals surface area contributed by atoms with Gasteiger partial charge in [-0.05, 0) is 96.3 Å². The molecule has 0 aliphatic heterocycles. The Kier molecular flexibility index (Phi) is 42.8. The molecular weight excluding hydrogens is 733 g/mol. The summed E-state index contributed by atoms with van der Waals surface area (Å²) in [6, 6.07) is 0. The number of carbonyl (C=O) groups is 3. The fraction of sp³-hybridized carbons (Fsp3) is 0.528. The minimum absolute atomic E-state index is 0.127. The van der Waals surface area contributed by atoms with Gasteiger partial charge in [-0.2, -0.15) is 0 Å². The Labute approximate surface area is 360 Å². The van der Waals surface area contributed by atoms with Gasteiger partial charge in [0.2, 0.25) is 0 Å². The molecule has 0 aromatic carbocycles. The van der Waals surface area contributed by atoms with Gasteiger partial charge in [0.05, 0.1) is 0 Å². The largest absolute Gasteiger partial charge is 0.462 e. The SMILES string of the molecule is CC\C=C/C=C\C=C/C=C\C=C/CCCC(=O)OCC(COC(=O)CCCCCC/C=C\C/C=C\C/C=C\CC)OC(=O)CCCCCC/C=C\C/C=C\C/C=C\CC. The van der Waals surface area contributed by atoms with Crippen LogP contribution in [0.15, 0.2) is 134 Å². The normalized spacial score (nSPS) is 13.3. The maximum atomic E-state index is 12.7. The van der Waals surface area contributed by atoms with Gasteiger partial charge in [-0.1, -0.05) is 180 Å². The number of hydrogen-bond acceptors (Lipinski definition) is 6. The highest BCUT2D eigenvalue weighted by molar-refractivity contribution is 5.71. The molecule has 0 amide bonds. The van der Waals surface area contributed by atoms with Crippen LogP contribution < -0.4 is 0 Å². The van der Waals surface area contributed by atoms with Crippen LogP contribution in [0.5, 0.6) is 0 Å². The van der Waals surface area contributed by atoms with Gasteiger partial charge in [-0.3, -0.25) is 14.4 Å². The fourth-order valence-corrected chi connectivity index (χ4v) is 5.44. The molecule has 0 aromatic heterocycles. The fourth-order valence-electron chi connectivity index (χ4n) is 5.44. The zero-order valence-electron chi connectivity index (χ0n) is 37.2. The van der Waals surface area contributed by atoms with Gasteiger partial charge >= 0.3 is 17.9 Å². The third-order valence-corrected chi connectivity index (χ3v) is 8.76. The Bertz CT molecular complexity index is 1350. The molecule has 0 saturated heterocycles. The molecular formula is C53H80O6. The van der Waals surface area contributed by atoms with Crippen molar-refractivity contribution in [3.63, 3.8) is 0 Å². The van der Waals surface area contributed by atoms with E-state index < -0.39 is 6.10 Å². The molecule has 0 aliphatic rings. The number of unbranched alkanes of at least 4 members (excludes halogenated alkanes) is 9. The standard InChI is InChI=1S/C53H80O6/c1-4-7-10-13-16-19-22-25-28-31-34-37-40-43-46-52(55)58-49-50(48-57-51(54)45-42-39-36-33-30-27-24-21-18-15-12-9-6-3)59-53(56)47-44-41-38-35-32-29-26-23-20-17-14-11-8-5-2/h7-12,15-21,24-30,33,36,50H,4-6,13-14,22-23,31-32,34-35,37-49H2,1-3H3/b10-7-,11-8-,12-9-,18-15-,19-16-,20-17-,24-21-,28-25-,29-26-,30-27-,36-33-. The highest BCUT2D eigenvalue weighted by Gasteiger charge is 2.19. The maximum absolute atomic E-state index is 12.7. The molecule has 0 radical (unpaired) electrons. The van der Waals surface area contributed by atoms with E-state index in [1.807, 2.05) is 54.7 Å². The first-order valence-corrected chi connectivity index (χ1v) is 22.8. The summed E-state index contributed by atoms with van der Waals surface area (Å²) in [7, 11) is 0. The molecule has 1 atom stereocenters. The Balaban J connectivity index is 4.61. The summed E-state index contributed by atoms with van der Waals surface area (Å²) in [5, 5.41) is 0. The van der Waals surface area contributed by atoms with Crippen LogP contribution in [-0.4, -0.2) is 37.2 Å². The van der Waals surface area contributed by atoms with Crippen LogP contribution in [0, 0.1) is 0 Å². The topological polar surface area (TPSA) is 78.9 Å². The van der Waals surface area contributed by atoms with E-state index in [9.17, 15) is 14.4 Å². The van der Waals surface area contributed by atoms with Crippen molar-refractivity contribution in [2.24, 2.45) is 0 Å². The molecule has 0 aliphatic carbocycles. The first-order chi connectivity index (χ1) is 29.0. The van der Waals surface area contributed by atoms with Gasteiger partial charge in [0.15, 0.2) is 6.10 Å². The van der Waals surface area contributed by atoms with E-state index in [0.29, 0.717) is 12.8 Å². The minimum atomic E-state index is -0.831. The van der Waals surface area contributed by atoms with Crippen LogP contribution in [0.4, 0.5) is 0 Å². The smallest absolute Gasteiger partial charge is 0.306 e. The van der Waals surface area contributed by atoms with Crippen molar-refractivity contribution in [2.75, 3.05) is 13.2 Å². The van der Waals surface area contributed by atoms with Crippen molar-refractivity contribution in [1.29, 1.82) is 0 Å². The summed E-state index contributed by atoms with van der Waals surface area (Å²) in [6.45, 7) is 6.12. The second-order valence-corrected chi connectivity index (χ2v) is 14.3. The Morgan fingerprint density at radius 2 is 0.712 bits per heavy atom. The molecule has 0 aromatic rings. The molecule has 0 heterocycles. The number of esters is 3. The number of hydrogen-bond donors (Lipinski definition) is 0. The van der Waals surface area contributed by atoms with Crippen molar-refractivity contribution in [1.82, 2.24) is 0 Å². The highest BCUT2D eigenvalue weighted by atomic mass is 16.6. The number of ether oxygens (including phenoxy) is 3.